The first kappa shape index (κ1) is 19.8. The fourth-order valence-electron chi connectivity index (χ4n) is 2.80. The van der Waals surface area contributed by atoms with Gasteiger partial charge in [0.1, 0.15) is 29.6 Å². The van der Waals surface area contributed by atoms with Crippen molar-refractivity contribution in [2.24, 2.45) is 5.73 Å². The monoisotopic (exact) mass is 372 g/mol. The smallest absolute Gasteiger partial charge is 0.338 e. The van der Waals surface area contributed by atoms with Crippen molar-refractivity contribution < 1.29 is 28.5 Å². The maximum Gasteiger partial charge on any atom is 0.338 e. The Morgan fingerprint density at radius 3 is 2.56 bits per heavy atom. The zero-order valence-corrected chi connectivity index (χ0v) is 15.3. The molecule has 1 aliphatic heterocycles. The number of hydrogen-bond acceptors (Lipinski definition) is 8. The largest absolute Gasteiger partial charge is 0.494 e. The highest BCUT2D eigenvalue weighted by Gasteiger charge is 2.39. The van der Waals surface area contributed by atoms with Crippen molar-refractivity contribution in [3.8, 4) is 11.8 Å². The molecule has 1 aromatic rings. The van der Waals surface area contributed by atoms with Crippen molar-refractivity contribution in [3.05, 3.63) is 52.6 Å². The summed E-state index contributed by atoms with van der Waals surface area (Å²) in [6.45, 7) is 2.20. The highest BCUT2D eigenvalue weighted by molar-refractivity contribution is 5.93. The van der Waals surface area contributed by atoms with E-state index in [1.807, 2.05) is 13.0 Å². The molecule has 0 radical (unpaired) electrons. The first-order chi connectivity index (χ1) is 13.0. The van der Waals surface area contributed by atoms with Crippen LogP contribution in [0.2, 0.25) is 0 Å². The normalized spacial score (nSPS) is 16.3. The topological polar surface area (TPSA) is 121 Å². The lowest BCUT2D eigenvalue weighted by Gasteiger charge is -2.28. The van der Waals surface area contributed by atoms with Gasteiger partial charge in [-0.3, -0.25) is 4.79 Å². The van der Waals surface area contributed by atoms with Gasteiger partial charge in [-0.25, -0.2) is 4.79 Å². The van der Waals surface area contributed by atoms with E-state index in [0.29, 0.717) is 17.9 Å². The molecule has 0 aliphatic carbocycles. The number of para-hydroxylation sites is 1. The fourth-order valence-corrected chi connectivity index (χ4v) is 2.80. The van der Waals surface area contributed by atoms with Crippen LogP contribution >= 0.6 is 0 Å². The maximum absolute atomic E-state index is 12.5. The van der Waals surface area contributed by atoms with Gasteiger partial charge in [-0.1, -0.05) is 18.2 Å². The van der Waals surface area contributed by atoms with E-state index in [4.69, 9.17) is 19.9 Å². The third kappa shape index (κ3) is 4.03. The van der Waals surface area contributed by atoms with E-state index in [1.165, 1.54) is 14.2 Å². The molecule has 1 atom stereocenters. The summed E-state index contributed by atoms with van der Waals surface area (Å²) in [4.78, 5) is 24.3. The van der Waals surface area contributed by atoms with Crippen LogP contribution in [0, 0.1) is 11.3 Å². The van der Waals surface area contributed by atoms with E-state index in [2.05, 4.69) is 4.74 Å². The molecule has 8 nitrogen and oxygen atoms in total. The highest BCUT2D eigenvalue weighted by atomic mass is 16.5. The molecule has 1 heterocycles. The maximum atomic E-state index is 12.5. The van der Waals surface area contributed by atoms with Gasteiger partial charge in [0.2, 0.25) is 5.88 Å². The first-order valence-electron chi connectivity index (χ1n) is 8.15. The van der Waals surface area contributed by atoms with Gasteiger partial charge in [0, 0.05) is 5.56 Å². The molecule has 0 saturated carbocycles. The summed E-state index contributed by atoms with van der Waals surface area (Å²) in [6.07, 6.45) is -0.340. The molecule has 0 fully saturated rings. The summed E-state index contributed by atoms with van der Waals surface area (Å²) in [5.41, 5.74) is 6.47. The predicted octanol–water partition coefficient (Wildman–Crippen LogP) is 1.88. The Bertz CT molecular complexity index is 850. The number of hydrogen-bond donors (Lipinski definition) is 1. The van der Waals surface area contributed by atoms with Crippen LogP contribution in [0.25, 0.3) is 0 Å². The van der Waals surface area contributed by atoms with E-state index in [9.17, 15) is 14.9 Å². The Labute approximate surface area is 156 Å². The minimum atomic E-state index is -0.904. The molecule has 2 rings (SSSR count). The van der Waals surface area contributed by atoms with Crippen molar-refractivity contribution in [1.29, 1.82) is 5.26 Å². The number of nitrogens with two attached hydrogens (primary N) is 1. The summed E-state index contributed by atoms with van der Waals surface area (Å²) in [6, 6.07) is 8.92. The highest BCUT2D eigenvalue weighted by Crippen LogP contribution is 2.43. The average Bonchev–Trinajstić information content (AvgIpc) is 2.67. The molecule has 0 unspecified atom stereocenters. The number of ether oxygens (including phenoxy) is 4. The number of allylic oxidation sites excluding steroid dienone is 1. The molecular formula is C19H20N2O6. The van der Waals surface area contributed by atoms with E-state index >= 15 is 0 Å². The summed E-state index contributed by atoms with van der Waals surface area (Å²) >= 11 is 0. The minimum Gasteiger partial charge on any atom is -0.494 e. The number of methoxy groups -OCH3 is 2. The van der Waals surface area contributed by atoms with Gasteiger partial charge in [0.05, 0.1) is 32.3 Å². The zero-order valence-electron chi connectivity index (χ0n) is 15.3. The standard InChI is InChI=1S/C19H20N2O6/c1-4-26-13-8-6-5-7-11(13)16-12(10-20)18(21)27-14(9-15(22)24-2)17(16)19(23)25-3/h5-8,16H,4,9,21H2,1-3H3/t16-/m0/s1. The number of nitrogens with zero attached hydrogens (tertiary/aromatic N) is 1. The molecule has 1 aromatic carbocycles. The zero-order chi connectivity index (χ0) is 20.0. The van der Waals surface area contributed by atoms with Crippen molar-refractivity contribution in [3.63, 3.8) is 0 Å². The quantitative estimate of drug-likeness (QED) is 0.751. The lowest BCUT2D eigenvalue weighted by molar-refractivity contribution is -0.140. The van der Waals surface area contributed by atoms with Crippen molar-refractivity contribution in [1.82, 2.24) is 0 Å². The Kier molecular flexibility index (Phi) is 6.44. The van der Waals surface area contributed by atoms with Crippen LogP contribution in [-0.4, -0.2) is 32.8 Å². The van der Waals surface area contributed by atoms with Crippen LogP contribution < -0.4 is 10.5 Å². The molecule has 142 valence electrons. The van der Waals surface area contributed by atoms with Crippen LogP contribution in [0.4, 0.5) is 0 Å². The molecule has 0 amide bonds. The number of nitriles is 1. The number of rotatable bonds is 6. The van der Waals surface area contributed by atoms with Crippen molar-refractivity contribution in [2.75, 3.05) is 20.8 Å². The molecule has 8 heteroatoms. The van der Waals surface area contributed by atoms with Crippen LogP contribution in [0.5, 0.6) is 5.75 Å². The summed E-state index contributed by atoms with van der Waals surface area (Å²) < 4.78 is 20.6. The van der Waals surface area contributed by atoms with Gasteiger partial charge in [-0.05, 0) is 13.0 Å². The van der Waals surface area contributed by atoms with Crippen molar-refractivity contribution >= 4 is 11.9 Å². The lowest BCUT2D eigenvalue weighted by atomic mass is 9.82. The molecule has 2 N–H and O–H groups in total. The molecule has 0 bridgehead atoms. The van der Waals surface area contributed by atoms with Gasteiger partial charge in [0.15, 0.2) is 0 Å². The molecule has 0 saturated heterocycles. The number of esters is 2. The van der Waals surface area contributed by atoms with Crippen LogP contribution in [0.15, 0.2) is 47.1 Å². The van der Waals surface area contributed by atoms with Gasteiger partial charge < -0.3 is 24.7 Å². The number of carbonyl (C=O) groups excluding carboxylic acids is 2. The van der Waals surface area contributed by atoms with E-state index in [1.54, 1.807) is 24.3 Å². The number of benzene rings is 1. The van der Waals surface area contributed by atoms with Crippen molar-refractivity contribution in [2.45, 2.75) is 19.3 Å². The Balaban J connectivity index is 2.73. The van der Waals surface area contributed by atoms with E-state index < -0.39 is 17.9 Å². The van der Waals surface area contributed by atoms with Gasteiger partial charge >= 0.3 is 11.9 Å². The van der Waals surface area contributed by atoms with E-state index in [0.717, 1.165) is 0 Å². The Morgan fingerprint density at radius 2 is 1.96 bits per heavy atom. The third-order valence-corrected chi connectivity index (χ3v) is 3.96. The number of carbonyl (C=O) groups is 2. The van der Waals surface area contributed by atoms with Crippen LogP contribution in [0.3, 0.4) is 0 Å². The second-order valence-corrected chi connectivity index (χ2v) is 5.48. The van der Waals surface area contributed by atoms with Crippen LogP contribution in [-0.2, 0) is 23.8 Å². The van der Waals surface area contributed by atoms with Gasteiger partial charge in [0.25, 0.3) is 0 Å². The average molecular weight is 372 g/mol. The predicted molar refractivity (Wildman–Crippen MR) is 93.9 cm³/mol. The molecule has 27 heavy (non-hydrogen) atoms. The Morgan fingerprint density at radius 1 is 1.26 bits per heavy atom. The fraction of sp³-hybridized carbons (Fsp3) is 0.316. The minimum absolute atomic E-state index is 0.000744. The first-order valence-corrected chi connectivity index (χ1v) is 8.15. The SMILES string of the molecule is CCOc1ccccc1[C@H]1C(C#N)=C(N)OC(CC(=O)OC)=C1C(=O)OC. The summed E-state index contributed by atoms with van der Waals surface area (Å²) in [5, 5.41) is 9.63. The Hall–Kier alpha value is -3.47. The van der Waals surface area contributed by atoms with Gasteiger partial charge in [-0.15, -0.1) is 0 Å². The summed E-state index contributed by atoms with van der Waals surface area (Å²) in [7, 11) is 2.41. The summed E-state index contributed by atoms with van der Waals surface area (Å²) in [5.74, 6) is -2.02. The molecular weight excluding hydrogens is 352 g/mol. The van der Waals surface area contributed by atoms with Gasteiger partial charge in [-0.2, -0.15) is 5.26 Å². The third-order valence-electron chi connectivity index (χ3n) is 3.96. The van der Waals surface area contributed by atoms with E-state index in [-0.39, 0.29) is 29.2 Å². The van der Waals surface area contributed by atoms with Crippen LogP contribution in [0.1, 0.15) is 24.8 Å². The second kappa shape index (κ2) is 8.76. The molecule has 1 aliphatic rings. The lowest BCUT2D eigenvalue weighted by Crippen LogP contribution is -2.27. The molecule has 0 spiro atoms. The second-order valence-electron chi connectivity index (χ2n) is 5.48. The molecule has 0 aromatic heterocycles.